The van der Waals surface area contributed by atoms with Crippen molar-refractivity contribution < 1.29 is 5.11 Å². The van der Waals surface area contributed by atoms with E-state index in [9.17, 15) is 5.11 Å². The molecule has 1 atom stereocenters. The molecule has 2 aromatic heterocycles. The van der Waals surface area contributed by atoms with E-state index in [4.69, 9.17) is 4.98 Å². The maximum Gasteiger partial charge on any atom is 0.184 e. The Morgan fingerprint density at radius 2 is 1.56 bits per heavy atom. The molecule has 0 spiro atoms. The summed E-state index contributed by atoms with van der Waals surface area (Å²) in [6, 6.07) is 21.5. The van der Waals surface area contributed by atoms with Gasteiger partial charge in [-0.25, -0.2) is 0 Å². The zero-order valence-electron chi connectivity index (χ0n) is 27.4. The Morgan fingerprint density at radius 1 is 0.907 bits per heavy atom. The second kappa shape index (κ2) is 12.8. The molecule has 5 rings (SSSR count). The van der Waals surface area contributed by atoms with E-state index in [-0.39, 0.29) is 10.8 Å². The molecule has 230 valence electrons. The van der Waals surface area contributed by atoms with Gasteiger partial charge in [-0.15, -0.1) is 0 Å². The summed E-state index contributed by atoms with van der Waals surface area (Å²) < 4.78 is 2.23. The monoisotopic (exact) mass is 580 g/mol. The Bertz CT molecular complexity index is 1470. The molecule has 0 aliphatic heterocycles. The Morgan fingerprint density at radius 3 is 2.19 bits per heavy atom. The second-order valence-corrected chi connectivity index (χ2v) is 14.2. The maximum atomic E-state index is 12.3. The van der Waals surface area contributed by atoms with Crippen molar-refractivity contribution in [3.8, 4) is 0 Å². The van der Waals surface area contributed by atoms with Crippen LogP contribution >= 0.6 is 0 Å². The molecule has 1 unspecified atom stereocenters. The number of nitrogens with one attached hydrogen (secondary N) is 1. The number of nitrogens with zero attached hydrogens (tertiary/aromatic N) is 3. The van der Waals surface area contributed by atoms with Crippen molar-refractivity contribution in [3.63, 3.8) is 0 Å². The quantitative estimate of drug-likeness (QED) is 0.174. The van der Waals surface area contributed by atoms with E-state index < -0.39 is 6.35 Å². The van der Waals surface area contributed by atoms with Crippen LogP contribution in [0.4, 0.5) is 5.69 Å². The fourth-order valence-electron chi connectivity index (χ4n) is 7.43. The number of aromatic nitrogens is 2. The first kappa shape index (κ1) is 31.3. The van der Waals surface area contributed by atoms with E-state index in [2.05, 4.69) is 124 Å². The Hall–Kier alpha value is -3.15. The average molecular weight is 581 g/mol. The number of aliphatic hydroxyl groups is 1. The van der Waals surface area contributed by atoms with Gasteiger partial charge in [0.15, 0.2) is 6.35 Å². The predicted octanol–water partition coefficient (Wildman–Crippen LogP) is 8.69. The van der Waals surface area contributed by atoms with Crippen LogP contribution in [-0.2, 0) is 17.9 Å². The van der Waals surface area contributed by atoms with Crippen molar-refractivity contribution in [3.05, 3.63) is 95.4 Å². The van der Waals surface area contributed by atoms with E-state index >= 15 is 0 Å². The highest BCUT2D eigenvalue weighted by Crippen LogP contribution is 2.41. The lowest BCUT2D eigenvalue weighted by Crippen LogP contribution is -2.53. The van der Waals surface area contributed by atoms with Gasteiger partial charge in [0.2, 0.25) is 0 Å². The maximum absolute atomic E-state index is 12.3. The van der Waals surface area contributed by atoms with Crippen LogP contribution in [0.2, 0.25) is 0 Å². The summed E-state index contributed by atoms with van der Waals surface area (Å²) in [5.74, 6) is 0.680. The van der Waals surface area contributed by atoms with Gasteiger partial charge in [-0.1, -0.05) is 103 Å². The normalized spacial score (nSPS) is 16.3. The summed E-state index contributed by atoms with van der Waals surface area (Å²) in [7, 11) is 2.13. The summed E-state index contributed by atoms with van der Waals surface area (Å²) in [5.41, 5.74) is 6.94. The third-order valence-electron chi connectivity index (χ3n) is 9.74. The highest BCUT2D eigenvalue weighted by molar-refractivity contribution is 5.85. The van der Waals surface area contributed by atoms with E-state index in [1.807, 2.05) is 12.3 Å². The molecule has 0 saturated heterocycles. The van der Waals surface area contributed by atoms with Crippen LogP contribution in [-0.4, -0.2) is 39.0 Å². The Labute approximate surface area is 259 Å². The summed E-state index contributed by atoms with van der Waals surface area (Å²) in [5, 5.41) is 17.2. The van der Waals surface area contributed by atoms with Crippen molar-refractivity contribution in [1.29, 1.82) is 0 Å². The van der Waals surface area contributed by atoms with Crippen LogP contribution in [0.5, 0.6) is 0 Å². The van der Waals surface area contributed by atoms with Crippen molar-refractivity contribution in [2.75, 3.05) is 18.4 Å². The van der Waals surface area contributed by atoms with Gasteiger partial charge in [0.05, 0.1) is 0 Å². The summed E-state index contributed by atoms with van der Waals surface area (Å²) >= 11 is 0. The van der Waals surface area contributed by atoms with E-state index in [1.54, 1.807) is 0 Å². The standard InChI is InChI=1S/C38H52N4O/c1-27(2)29-17-15-18-30(28(3)4)35(29)40-36(43)42(26-38(21-12-8-13-22-38)34-20-11-14-23-39-34)25-37(5,6)32-24-41(7)33-19-10-9-16-31(32)33/h9-11,14-20,23-24,27-28,36,40,43H,8,12-13,21-22,25-26H2,1-7H3. The fraction of sp³-hybridized carbons (Fsp3) is 0.500. The van der Waals surface area contributed by atoms with Gasteiger partial charge < -0.3 is 15.0 Å². The van der Waals surface area contributed by atoms with Crippen LogP contribution in [0.25, 0.3) is 10.9 Å². The number of aliphatic hydroxyl groups excluding tert-OH is 1. The van der Waals surface area contributed by atoms with E-state index in [0.717, 1.165) is 30.8 Å². The number of rotatable bonds is 11. The van der Waals surface area contributed by atoms with Crippen molar-refractivity contribution >= 4 is 16.6 Å². The molecule has 2 heterocycles. The fourth-order valence-corrected chi connectivity index (χ4v) is 7.43. The van der Waals surface area contributed by atoms with Crippen molar-refractivity contribution in [1.82, 2.24) is 14.5 Å². The predicted molar refractivity (Wildman–Crippen MR) is 181 cm³/mol. The molecule has 0 bridgehead atoms. The van der Waals surface area contributed by atoms with Crippen LogP contribution in [0, 0.1) is 0 Å². The molecular weight excluding hydrogens is 528 g/mol. The van der Waals surface area contributed by atoms with Gasteiger partial charge in [-0.2, -0.15) is 0 Å². The molecule has 1 aliphatic rings. The highest BCUT2D eigenvalue weighted by Gasteiger charge is 2.40. The molecule has 1 fully saturated rings. The lowest BCUT2D eigenvalue weighted by Gasteiger charge is -2.45. The summed E-state index contributed by atoms with van der Waals surface area (Å²) in [6.07, 6.45) is 9.17. The van der Waals surface area contributed by atoms with Crippen LogP contribution < -0.4 is 5.32 Å². The Balaban J connectivity index is 1.57. The molecule has 1 saturated carbocycles. The van der Waals surface area contributed by atoms with Gasteiger partial charge in [0.25, 0.3) is 0 Å². The molecule has 0 radical (unpaired) electrons. The molecule has 4 aromatic rings. The van der Waals surface area contributed by atoms with Crippen LogP contribution in [0.15, 0.2) is 73.1 Å². The molecule has 2 aromatic carbocycles. The molecule has 5 heteroatoms. The number of aryl methyl sites for hydroxylation is 1. The lowest BCUT2D eigenvalue weighted by molar-refractivity contribution is -0.00828. The van der Waals surface area contributed by atoms with Gasteiger partial charge >= 0.3 is 0 Å². The first-order valence-electron chi connectivity index (χ1n) is 16.3. The van der Waals surface area contributed by atoms with Gasteiger partial charge in [-0.05, 0) is 59.6 Å². The average Bonchev–Trinajstić information content (AvgIpc) is 3.35. The van der Waals surface area contributed by atoms with E-state index in [0.29, 0.717) is 18.4 Å². The number of fused-ring (bicyclic) bond motifs is 1. The number of anilines is 1. The first-order chi connectivity index (χ1) is 20.5. The second-order valence-electron chi connectivity index (χ2n) is 14.2. The highest BCUT2D eigenvalue weighted by atomic mass is 16.3. The smallest absolute Gasteiger partial charge is 0.184 e. The minimum absolute atomic E-state index is 0.102. The molecular formula is C38H52N4O. The number of para-hydroxylation sites is 2. The van der Waals surface area contributed by atoms with Gasteiger partial charge in [-0.3, -0.25) is 9.88 Å². The molecule has 2 N–H and O–H groups in total. The molecule has 1 aliphatic carbocycles. The third kappa shape index (κ3) is 6.53. The SMILES string of the molecule is CC(C)c1cccc(C(C)C)c1NC(O)N(CC(C)(C)c1cn(C)c2ccccc12)CC1(c2ccccn2)CCCCC1. The molecule has 0 amide bonds. The first-order valence-corrected chi connectivity index (χ1v) is 16.3. The topological polar surface area (TPSA) is 53.3 Å². The molecule has 5 nitrogen and oxygen atoms in total. The zero-order valence-corrected chi connectivity index (χ0v) is 27.4. The largest absolute Gasteiger partial charge is 0.361 e. The Kier molecular flexibility index (Phi) is 9.34. The minimum Gasteiger partial charge on any atom is -0.361 e. The van der Waals surface area contributed by atoms with Crippen LogP contribution in [0.1, 0.15) is 108 Å². The minimum atomic E-state index is -0.853. The molecule has 43 heavy (non-hydrogen) atoms. The summed E-state index contributed by atoms with van der Waals surface area (Å²) in [4.78, 5) is 7.22. The van der Waals surface area contributed by atoms with Crippen LogP contribution in [0.3, 0.4) is 0 Å². The third-order valence-corrected chi connectivity index (χ3v) is 9.74. The lowest BCUT2D eigenvalue weighted by atomic mass is 9.70. The van der Waals surface area contributed by atoms with Gasteiger partial charge in [0.1, 0.15) is 0 Å². The number of pyridine rings is 1. The van der Waals surface area contributed by atoms with Crippen molar-refractivity contribution in [2.45, 2.75) is 103 Å². The summed E-state index contributed by atoms with van der Waals surface area (Å²) in [6.45, 7) is 15.0. The number of benzene rings is 2. The number of hydrogen-bond acceptors (Lipinski definition) is 4. The van der Waals surface area contributed by atoms with Gasteiger partial charge in [0, 0.05) is 65.6 Å². The van der Waals surface area contributed by atoms with Crippen molar-refractivity contribution in [2.24, 2.45) is 7.05 Å². The van der Waals surface area contributed by atoms with E-state index in [1.165, 1.54) is 46.9 Å². The zero-order chi connectivity index (χ0) is 30.8. The number of hydrogen-bond donors (Lipinski definition) is 2.